The van der Waals surface area contributed by atoms with E-state index in [2.05, 4.69) is 9.97 Å². The van der Waals surface area contributed by atoms with Crippen LogP contribution in [-0.4, -0.2) is 22.9 Å². The van der Waals surface area contributed by atoms with Gasteiger partial charge in [0.15, 0.2) is 5.75 Å². The summed E-state index contributed by atoms with van der Waals surface area (Å²) in [5.41, 5.74) is 0. The highest BCUT2D eigenvalue weighted by atomic mass is 32.2. The molecule has 0 aliphatic heterocycles. The third kappa shape index (κ3) is 2.82. The van der Waals surface area contributed by atoms with E-state index in [-0.39, 0.29) is 16.5 Å². The first-order valence-corrected chi connectivity index (χ1v) is 6.45. The van der Waals surface area contributed by atoms with Crippen molar-refractivity contribution in [1.82, 2.24) is 9.97 Å². The molecule has 6 nitrogen and oxygen atoms in total. The Balaban J connectivity index is 2.41. The fourth-order valence-corrected chi connectivity index (χ4v) is 1.97. The summed E-state index contributed by atoms with van der Waals surface area (Å²) in [6.07, 6.45) is 1.49. The van der Waals surface area contributed by atoms with Gasteiger partial charge in [0.25, 0.3) is 10.1 Å². The lowest BCUT2D eigenvalue weighted by atomic mass is 10.3. The fraction of sp³-hybridized carbons (Fsp3) is 0.0909. The van der Waals surface area contributed by atoms with Gasteiger partial charge in [-0.2, -0.15) is 13.4 Å². The van der Waals surface area contributed by atoms with Crippen molar-refractivity contribution in [2.75, 3.05) is 0 Å². The summed E-state index contributed by atoms with van der Waals surface area (Å²) < 4.78 is 36.7. The van der Waals surface area contributed by atoms with Gasteiger partial charge in [0.2, 0.25) is 5.88 Å². The number of aryl methyl sites for hydroxylation is 1. The zero-order chi connectivity index (χ0) is 13.2. The minimum Gasteiger partial charge on any atom is -0.437 e. The zero-order valence-electron chi connectivity index (χ0n) is 9.44. The summed E-state index contributed by atoms with van der Waals surface area (Å²) in [4.78, 5) is 7.57. The number of hydrogen-bond acceptors (Lipinski definition) is 5. The van der Waals surface area contributed by atoms with Gasteiger partial charge < -0.3 is 4.74 Å². The second-order valence-electron chi connectivity index (χ2n) is 3.47. The van der Waals surface area contributed by atoms with Crippen molar-refractivity contribution in [2.24, 2.45) is 0 Å². The molecule has 1 N–H and O–H groups in total. The lowest BCUT2D eigenvalue weighted by Crippen LogP contribution is -2.01. The Kier molecular flexibility index (Phi) is 3.26. The molecule has 0 aliphatic rings. The van der Waals surface area contributed by atoms with E-state index >= 15 is 0 Å². The summed E-state index contributed by atoms with van der Waals surface area (Å²) in [5, 5.41) is 0. The van der Waals surface area contributed by atoms with Gasteiger partial charge in [0.05, 0.1) is 0 Å². The van der Waals surface area contributed by atoms with Crippen LogP contribution in [0.2, 0.25) is 0 Å². The van der Waals surface area contributed by atoms with Gasteiger partial charge in [-0.1, -0.05) is 12.1 Å². The van der Waals surface area contributed by atoms with Gasteiger partial charge in [0.1, 0.15) is 10.7 Å². The first kappa shape index (κ1) is 12.5. The van der Waals surface area contributed by atoms with Gasteiger partial charge >= 0.3 is 0 Å². The van der Waals surface area contributed by atoms with Crippen LogP contribution in [-0.2, 0) is 10.1 Å². The maximum atomic E-state index is 11.2. The Hall–Kier alpha value is -1.99. The van der Waals surface area contributed by atoms with Crippen LogP contribution in [0.15, 0.2) is 41.4 Å². The van der Waals surface area contributed by atoms with Crippen LogP contribution in [0, 0.1) is 6.92 Å². The van der Waals surface area contributed by atoms with Crippen molar-refractivity contribution in [3.63, 3.8) is 0 Å². The van der Waals surface area contributed by atoms with Gasteiger partial charge in [0, 0.05) is 12.3 Å². The molecule has 18 heavy (non-hydrogen) atoms. The molecule has 0 amide bonds. The fourth-order valence-electron chi connectivity index (χ4n) is 1.35. The average Bonchev–Trinajstić information content (AvgIpc) is 2.28. The maximum Gasteiger partial charge on any atom is 0.298 e. The molecule has 0 saturated carbocycles. The number of benzene rings is 1. The van der Waals surface area contributed by atoms with Gasteiger partial charge in [-0.3, -0.25) is 4.55 Å². The minimum atomic E-state index is -4.33. The van der Waals surface area contributed by atoms with Gasteiger partial charge in [-0.05, 0) is 19.1 Å². The highest BCUT2D eigenvalue weighted by Crippen LogP contribution is 2.27. The van der Waals surface area contributed by atoms with Crippen molar-refractivity contribution in [2.45, 2.75) is 11.8 Å². The molecule has 0 saturated heterocycles. The molecule has 0 fully saturated rings. The molecule has 0 unspecified atom stereocenters. The van der Waals surface area contributed by atoms with Crippen LogP contribution in [0.1, 0.15) is 5.82 Å². The number of para-hydroxylation sites is 1. The van der Waals surface area contributed by atoms with Crippen molar-refractivity contribution in [1.29, 1.82) is 0 Å². The Morgan fingerprint density at radius 3 is 2.61 bits per heavy atom. The second-order valence-corrected chi connectivity index (χ2v) is 4.86. The number of rotatable bonds is 3. The normalized spacial score (nSPS) is 11.2. The second kappa shape index (κ2) is 4.71. The first-order valence-electron chi connectivity index (χ1n) is 5.01. The van der Waals surface area contributed by atoms with Crippen molar-refractivity contribution < 1.29 is 17.7 Å². The quantitative estimate of drug-likeness (QED) is 0.852. The molecule has 0 spiro atoms. The lowest BCUT2D eigenvalue weighted by molar-refractivity contribution is 0.436. The smallest absolute Gasteiger partial charge is 0.298 e. The molecule has 2 rings (SSSR count). The molecule has 7 heteroatoms. The molecule has 0 bridgehead atoms. The Labute approximate surface area is 104 Å². The molecule has 0 atom stereocenters. The largest absolute Gasteiger partial charge is 0.437 e. The van der Waals surface area contributed by atoms with E-state index < -0.39 is 10.1 Å². The summed E-state index contributed by atoms with van der Waals surface area (Å²) in [6.45, 7) is 1.68. The Morgan fingerprint density at radius 1 is 1.22 bits per heavy atom. The molecule has 1 aromatic heterocycles. The number of aromatic nitrogens is 2. The maximum absolute atomic E-state index is 11.2. The van der Waals surface area contributed by atoms with Crippen molar-refractivity contribution in [3.05, 3.63) is 42.4 Å². The monoisotopic (exact) mass is 266 g/mol. The van der Waals surface area contributed by atoms with Crippen LogP contribution >= 0.6 is 0 Å². The predicted octanol–water partition coefficient (Wildman–Crippen LogP) is 1.82. The van der Waals surface area contributed by atoms with E-state index in [1.165, 1.54) is 30.5 Å². The van der Waals surface area contributed by atoms with E-state index in [1.807, 2.05) is 0 Å². The standard InChI is InChI=1S/C11H10N2O4S/c1-8-12-7-6-11(13-8)17-9-4-2-3-5-10(9)18(14,15)16/h2-7H,1H3,(H,14,15,16). The van der Waals surface area contributed by atoms with Crippen LogP contribution in [0.4, 0.5) is 0 Å². The zero-order valence-corrected chi connectivity index (χ0v) is 10.3. The third-order valence-corrected chi connectivity index (χ3v) is 2.99. The summed E-state index contributed by atoms with van der Waals surface area (Å²) in [6, 6.07) is 7.26. The van der Waals surface area contributed by atoms with Gasteiger partial charge in [-0.15, -0.1) is 0 Å². The van der Waals surface area contributed by atoms with Crippen LogP contribution in [0.3, 0.4) is 0 Å². The lowest BCUT2D eigenvalue weighted by Gasteiger charge is -2.08. The SMILES string of the molecule is Cc1nccc(Oc2ccccc2S(=O)(=O)O)n1. The average molecular weight is 266 g/mol. The molecule has 2 aromatic rings. The Bertz CT molecular complexity index is 670. The molecule has 1 heterocycles. The Morgan fingerprint density at radius 2 is 1.94 bits per heavy atom. The number of hydrogen-bond donors (Lipinski definition) is 1. The predicted molar refractivity (Wildman–Crippen MR) is 63.1 cm³/mol. The van der Waals surface area contributed by atoms with E-state index in [0.29, 0.717) is 5.82 Å². The van der Waals surface area contributed by atoms with E-state index in [4.69, 9.17) is 9.29 Å². The van der Waals surface area contributed by atoms with E-state index in [1.54, 1.807) is 13.0 Å². The van der Waals surface area contributed by atoms with E-state index in [9.17, 15) is 8.42 Å². The minimum absolute atomic E-state index is 0.0121. The first-order chi connectivity index (χ1) is 8.47. The number of nitrogens with zero attached hydrogens (tertiary/aromatic N) is 2. The molecule has 0 radical (unpaired) electrons. The highest BCUT2D eigenvalue weighted by Gasteiger charge is 2.16. The molecule has 94 valence electrons. The van der Waals surface area contributed by atoms with Crippen LogP contribution in [0.25, 0.3) is 0 Å². The summed E-state index contributed by atoms with van der Waals surface area (Å²) >= 11 is 0. The van der Waals surface area contributed by atoms with Crippen LogP contribution in [0.5, 0.6) is 11.6 Å². The van der Waals surface area contributed by atoms with Crippen molar-refractivity contribution in [3.8, 4) is 11.6 Å². The highest BCUT2D eigenvalue weighted by molar-refractivity contribution is 7.86. The van der Waals surface area contributed by atoms with E-state index in [0.717, 1.165) is 0 Å². The summed E-state index contributed by atoms with van der Waals surface area (Å²) in [5.74, 6) is 0.716. The van der Waals surface area contributed by atoms with Gasteiger partial charge in [-0.25, -0.2) is 4.98 Å². The summed E-state index contributed by atoms with van der Waals surface area (Å²) in [7, 11) is -4.33. The number of ether oxygens (including phenoxy) is 1. The molecular formula is C11H10N2O4S. The third-order valence-electron chi connectivity index (χ3n) is 2.09. The van der Waals surface area contributed by atoms with Crippen molar-refractivity contribution >= 4 is 10.1 Å². The molecular weight excluding hydrogens is 256 g/mol. The van der Waals surface area contributed by atoms with Crippen LogP contribution < -0.4 is 4.74 Å². The molecule has 0 aliphatic carbocycles. The topological polar surface area (TPSA) is 89.4 Å². The molecule has 1 aromatic carbocycles.